The van der Waals surface area contributed by atoms with Gasteiger partial charge in [-0.25, -0.2) is 0 Å². The molecule has 0 saturated heterocycles. The lowest BCUT2D eigenvalue weighted by molar-refractivity contribution is 0.257. The molecule has 0 saturated carbocycles. The molecule has 0 aromatic heterocycles. The monoisotopic (exact) mass is 937 g/mol. The number of ether oxygens (including phenoxy) is 7. The normalized spacial score (nSPS) is 11.4. The number of benzene rings is 5. The first kappa shape index (κ1) is 54.2. The van der Waals surface area contributed by atoms with Crippen LogP contribution in [0.2, 0.25) is 0 Å². The summed E-state index contributed by atoms with van der Waals surface area (Å²) in [6.45, 7) is 15.6. The first-order chi connectivity index (χ1) is 33.5. The van der Waals surface area contributed by atoms with E-state index >= 15 is 0 Å². The van der Waals surface area contributed by atoms with E-state index in [4.69, 9.17) is 33.2 Å². The maximum absolute atomic E-state index is 9.79. The summed E-state index contributed by atoms with van der Waals surface area (Å²) in [6.07, 6.45) is 26.5. The number of rotatable bonds is 39. The minimum atomic E-state index is 0.219. The fourth-order valence-electron chi connectivity index (χ4n) is 8.75. The number of fused-ring (bicyclic) bond motifs is 6. The summed E-state index contributed by atoms with van der Waals surface area (Å²) in [7, 11) is 0. The van der Waals surface area contributed by atoms with Crippen molar-refractivity contribution in [3.8, 4) is 46.0 Å². The second kappa shape index (κ2) is 32.2. The molecule has 0 heterocycles. The highest BCUT2D eigenvalue weighted by Gasteiger charge is 2.21. The van der Waals surface area contributed by atoms with E-state index in [9.17, 15) is 5.11 Å². The zero-order valence-electron chi connectivity index (χ0n) is 43.0. The molecule has 5 rings (SSSR count). The minimum Gasteiger partial charge on any atom is -0.508 e. The molecular formula is C60H88O8. The molecular weight excluding hydrogens is 849 g/mol. The molecule has 5 aromatic rings. The average Bonchev–Trinajstić information content (AvgIpc) is 3.34. The zero-order chi connectivity index (χ0) is 48.0. The number of unbranched alkanes of at least 4 members (excludes halogenated alkanes) is 18. The van der Waals surface area contributed by atoms with Crippen molar-refractivity contribution >= 4 is 32.3 Å². The number of aromatic hydroxyl groups is 1. The third kappa shape index (κ3) is 18.0. The predicted molar refractivity (Wildman–Crippen MR) is 285 cm³/mol. The summed E-state index contributed by atoms with van der Waals surface area (Å²) in [4.78, 5) is 0. The maximum atomic E-state index is 9.79. The van der Waals surface area contributed by atoms with E-state index in [0.717, 1.165) is 157 Å². The lowest BCUT2D eigenvalue weighted by Crippen LogP contribution is -2.05. The zero-order valence-corrected chi connectivity index (χ0v) is 43.0. The Morgan fingerprint density at radius 3 is 0.750 bits per heavy atom. The van der Waals surface area contributed by atoms with Crippen LogP contribution in [0.15, 0.2) is 60.7 Å². The van der Waals surface area contributed by atoms with Crippen molar-refractivity contribution in [1.82, 2.24) is 0 Å². The van der Waals surface area contributed by atoms with Crippen molar-refractivity contribution in [3.05, 3.63) is 60.7 Å². The molecule has 1 N–H and O–H groups in total. The third-order valence-electron chi connectivity index (χ3n) is 12.8. The second-order valence-electron chi connectivity index (χ2n) is 18.7. The fourth-order valence-corrected chi connectivity index (χ4v) is 8.75. The van der Waals surface area contributed by atoms with Crippen LogP contribution in [-0.4, -0.2) is 51.4 Å². The maximum Gasteiger partial charge on any atom is 0.161 e. The van der Waals surface area contributed by atoms with Gasteiger partial charge in [0.25, 0.3) is 0 Å². The summed E-state index contributed by atoms with van der Waals surface area (Å²) in [5.74, 6) is 5.61. The van der Waals surface area contributed by atoms with E-state index in [1.165, 1.54) is 64.2 Å². The van der Waals surface area contributed by atoms with Crippen molar-refractivity contribution in [1.29, 1.82) is 0 Å². The van der Waals surface area contributed by atoms with Crippen LogP contribution in [0, 0.1) is 0 Å². The first-order valence-corrected chi connectivity index (χ1v) is 27.2. The number of hydrogen-bond acceptors (Lipinski definition) is 8. The molecule has 0 aliphatic carbocycles. The van der Waals surface area contributed by atoms with Gasteiger partial charge in [0.2, 0.25) is 0 Å². The van der Waals surface area contributed by atoms with E-state index in [1.807, 2.05) is 6.07 Å². The average molecular weight is 937 g/mol. The van der Waals surface area contributed by atoms with E-state index in [2.05, 4.69) is 71.0 Å². The smallest absolute Gasteiger partial charge is 0.161 e. The second-order valence-corrected chi connectivity index (χ2v) is 18.7. The molecule has 0 aliphatic heterocycles. The summed E-state index contributed by atoms with van der Waals surface area (Å²) in [5, 5.41) is 16.3. The molecule has 0 fully saturated rings. The molecule has 0 spiro atoms. The minimum absolute atomic E-state index is 0.219. The molecule has 5 aromatic carbocycles. The lowest BCUT2D eigenvalue weighted by Gasteiger charge is -2.21. The number of phenols is 1. The lowest BCUT2D eigenvalue weighted by atomic mass is 9.93. The van der Waals surface area contributed by atoms with Crippen LogP contribution in [0.4, 0.5) is 0 Å². The predicted octanol–water partition coefficient (Wildman–Crippen LogP) is 17.7. The highest BCUT2D eigenvalue weighted by Crippen LogP contribution is 2.47. The fraction of sp³-hybridized carbons (Fsp3) is 0.600. The van der Waals surface area contributed by atoms with Crippen molar-refractivity contribution in [3.63, 3.8) is 0 Å². The van der Waals surface area contributed by atoms with Crippen LogP contribution in [-0.2, 0) is 0 Å². The van der Waals surface area contributed by atoms with Gasteiger partial charge in [0.1, 0.15) is 11.5 Å². The van der Waals surface area contributed by atoms with Gasteiger partial charge in [-0.05, 0) is 139 Å². The summed E-state index contributed by atoms with van der Waals surface area (Å²) >= 11 is 0. The Bertz CT molecular complexity index is 2110. The Morgan fingerprint density at radius 2 is 0.515 bits per heavy atom. The number of hydrogen-bond donors (Lipinski definition) is 1. The van der Waals surface area contributed by atoms with Crippen molar-refractivity contribution in [2.24, 2.45) is 0 Å². The van der Waals surface area contributed by atoms with Gasteiger partial charge in [0.15, 0.2) is 34.5 Å². The molecule has 68 heavy (non-hydrogen) atoms. The van der Waals surface area contributed by atoms with Crippen LogP contribution in [0.25, 0.3) is 32.3 Å². The van der Waals surface area contributed by atoms with Crippen LogP contribution >= 0.6 is 0 Å². The van der Waals surface area contributed by atoms with Gasteiger partial charge >= 0.3 is 0 Å². The molecule has 0 radical (unpaired) electrons. The Hall–Kier alpha value is -4.72. The highest BCUT2D eigenvalue weighted by atomic mass is 16.5. The Balaban J connectivity index is 1.58. The summed E-state index contributed by atoms with van der Waals surface area (Å²) in [6, 6.07) is 20.3. The molecule has 0 unspecified atom stereocenters. The molecule has 376 valence electrons. The van der Waals surface area contributed by atoms with Gasteiger partial charge in [-0.3, -0.25) is 0 Å². The Labute approximate surface area is 410 Å². The standard InChI is InChI=1S/C60H88O8/c1-6-11-16-23-34-63-55-41-49-50-42-56(64-35-24-17-12-7-2)58(66-37-26-19-14-9-4)44-52(50)54-46-60(68-39-29-22-21-28-33-62-48-32-30-31-47(61)40-48)59(67-38-27-20-15-10-5)45-53(54)51(49)43-57(55)65-36-25-18-13-8-3/h30-32,40-46,61H,6-29,33-39H2,1-5H3. The first-order valence-electron chi connectivity index (χ1n) is 27.2. The molecule has 0 bridgehead atoms. The number of phenolic OH excluding ortho intramolecular Hbond substituents is 1. The molecule has 8 nitrogen and oxygen atoms in total. The van der Waals surface area contributed by atoms with Crippen molar-refractivity contribution < 1.29 is 38.3 Å². The van der Waals surface area contributed by atoms with Crippen molar-refractivity contribution in [2.75, 3.05) is 46.2 Å². The van der Waals surface area contributed by atoms with Crippen LogP contribution in [0.5, 0.6) is 46.0 Å². The van der Waals surface area contributed by atoms with E-state index in [1.54, 1.807) is 18.2 Å². The topological polar surface area (TPSA) is 84.8 Å². The highest BCUT2D eigenvalue weighted by molar-refractivity contribution is 6.26. The van der Waals surface area contributed by atoms with Crippen LogP contribution in [0.3, 0.4) is 0 Å². The molecule has 0 aliphatic rings. The van der Waals surface area contributed by atoms with Crippen molar-refractivity contribution in [2.45, 2.75) is 189 Å². The van der Waals surface area contributed by atoms with Gasteiger partial charge in [-0.15, -0.1) is 0 Å². The van der Waals surface area contributed by atoms with E-state index in [-0.39, 0.29) is 5.75 Å². The summed E-state index contributed by atoms with van der Waals surface area (Å²) < 4.78 is 46.0. The molecule has 8 heteroatoms. The van der Waals surface area contributed by atoms with E-state index in [0.29, 0.717) is 52.0 Å². The largest absolute Gasteiger partial charge is 0.508 e. The van der Waals surface area contributed by atoms with Gasteiger partial charge in [0.05, 0.1) is 46.2 Å². The van der Waals surface area contributed by atoms with Crippen LogP contribution < -0.4 is 33.2 Å². The third-order valence-corrected chi connectivity index (χ3v) is 12.8. The molecule has 0 atom stereocenters. The van der Waals surface area contributed by atoms with Gasteiger partial charge < -0.3 is 38.3 Å². The van der Waals surface area contributed by atoms with Crippen LogP contribution in [0.1, 0.15) is 189 Å². The van der Waals surface area contributed by atoms with Gasteiger partial charge in [-0.1, -0.05) is 137 Å². The molecule has 0 amide bonds. The summed E-state index contributed by atoms with van der Waals surface area (Å²) in [5.41, 5.74) is 0. The van der Waals surface area contributed by atoms with E-state index < -0.39 is 0 Å². The SMILES string of the molecule is CCCCCCOc1cc2c3cc(OCCCCCC)c(OCCCCCC)cc3c3cc(OCCCCCCOc4cccc(O)c4)c(OCCCCCC)cc3c2cc1OCCCCCC. The van der Waals surface area contributed by atoms with Gasteiger partial charge in [0, 0.05) is 6.07 Å². The Morgan fingerprint density at radius 1 is 0.279 bits per heavy atom. The quantitative estimate of drug-likeness (QED) is 0.0308. The Kier molecular flexibility index (Phi) is 25.6. The van der Waals surface area contributed by atoms with Gasteiger partial charge in [-0.2, -0.15) is 0 Å².